The second kappa shape index (κ2) is 11.3. The van der Waals surface area contributed by atoms with E-state index in [4.69, 9.17) is 19.7 Å². The van der Waals surface area contributed by atoms with Crippen molar-refractivity contribution in [2.75, 3.05) is 53.7 Å². The Balaban J connectivity index is 3.63. The van der Waals surface area contributed by atoms with Crippen molar-refractivity contribution in [3.63, 3.8) is 0 Å². The lowest BCUT2D eigenvalue weighted by molar-refractivity contribution is -0.0321. The van der Waals surface area contributed by atoms with Crippen molar-refractivity contribution in [2.24, 2.45) is 0 Å². The van der Waals surface area contributed by atoms with Crippen LogP contribution in [0.15, 0.2) is 0 Å². The van der Waals surface area contributed by atoms with Gasteiger partial charge in [0.05, 0.1) is 12.7 Å². The molecule has 0 amide bonds. The van der Waals surface area contributed by atoms with Crippen LogP contribution in [0.1, 0.15) is 12.8 Å². The van der Waals surface area contributed by atoms with Crippen LogP contribution in [-0.4, -0.2) is 74.9 Å². The van der Waals surface area contributed by atoms with Gasteiger partial charge in [0, 0.05) is 33.0 Å². The summed E-state index contributed by atoms with van der Waals surface area (Å²) in [6.45, 7) is 2.75. The van der Waals surface area contributed by atoms with Crippen LogP contribution >= 0.6 is 0 Å². The van der Waals surface area contributed by atoms with E-state index in [2.05, 4.69) is 0 Å². The third-order valence-electron chi connectivity index (χ3n) is 1.98. The maximum Gasteiger partial charge on any atom is 0.0934 e. The van der Waals surface area contributed by atoms with E-state index in [1.54, 1.807) is 0 Å². The zero-order valence-electron chi connectivity index (χ0n) is 10.4. The van der Waals surface area contributed by atoms with Gasteiger partial charge in [-0.3, -0.25) is 0 Å². The van der Waals surface area contributed by atoms with E-state index in [0.29, 0.717) is 32.7 Å². The average Bonchev–Trinajstić information content (AvgIpc) is 2.23. The molecule has 16 heavy (non-hydrogen) atoms. The van der Waals surface area contributed by atoms with Crippen molar-refractivity contribution in [1.82, 2.24) is 4.90 Å². The maximum absolute atomic E-state index is 8.66. The van der Waals surface area contributed by atoms with Gasteiger partial charge in [0.2, 0.25) is 0 Å². The quantitative estimate of drug-likeness (QED) is 0.482. The van der Waals surface area contributed by atoms with Gasteiger partial charge in [-0.15, -0.1) is 0 Å². The number of aliphatic hydroxyl groups excluding tert-OH is 2. The van der Waals surface area contributed by atoms with Crippen LogP contribution in [0, 0.1) is 0 Å². The van der Waals surface area contributed by atoms with E-state index in [9.17, 15) is 0 Å². The van der Waals surface area contributed by atoms with E-state index in [0.717, 1.165) is 6.54 Å². The van der Waals surface area contributed by atoms with Crippen molar-refractivity contribution in [1.29, 1.82) is 0 Å². The molecule has 0 bridgehead atoms. The third kappa shape index (κ3) is 10.3. The summed E-state index contributed by atoms with van der Waals surface area (Å²) in [7, 11) is 3.96. The molecule has 0 aliphatic heterocycles. The topological polar surface area (TPSA) is 62.2 Å². The standard InChI is InChI=1S/C11H25NO4/c1-12(2)9-11(16-8-4-6-14)10-15-7-3-5-13/h11,13-14H,3-10H2,1-2H3. The van der Waals surface area contributed by atoms with Gasteiger partial charge >= 0.3 is 0 Å². The molecule has 5 heteroatoms. The Morgan fingerprint density at radius 2 is 1.69 bits per heavy atom. The maximum atomic E-state index is 8.66. The number of hydrogen-bond acceptors (Lipinski definition) is 5. The van der Waals surface area contributed by atoms with Gasteiger partial charge in [0.1, 0.15) is 0 Å². The predicted octanol–water partition coefficient (Wildman–Crippen LogP) is -0.285. The van der Waals surface area contributed by atoms with E-state index in [1.807, 2.05) is 19.0 Å². The Labute approximate surface area is 98.0 Å². The zero-order valence-corrected chi connectivity index (χ0v) is 10.4. The number of hydrogen-bond donors (Lipinski definition) is 2. The second-order valence-corrected chi connectivity index (χ2v) is 3.98. The molecule has 0 aromatic carbocycles. The summed E-state index contributed by atoms with van der Waals surface area (Å²) in [4.78, 5) is 2.04. The monoisotopic (exact) mass is 235 g/mol. The minimum Gasteiger partial charge on any atom is -0.396 e. The molecule has 0 aromatic heterocycles. The van der Waals surface area contributed by atoms with E-state index < -0.39 is 0 Å². The fraction of sp³-hybridized carbons (Fsp3) is 1.00. The highest BCUT2D eigenvalue weighted by Gasteiger charge is 2.10. The van der Waals surface area contributed by atoms with E-state index in [1.165, 1.54) is 0 Å². The molecule has 1 atom stereocenters. The molecule has 0 aliphatic rings. The number of rotatable bonds is 11. The minimum atomic E-state index is 0.0280. The summed E-state index contributed by atoms with van der Waals surface area (Å²) in [5, 5.41) is 17.3. The lowest BCUT2D eigenvalue weighted by atomic mass is 10.3. The van der Waals surface area contributed by atoms with Crippen molar-refractivity contribution < 1.29 is 19.7 Å². The summed E-state index contributed by atoms with van der Waals surface area (Å²) in [5.41, 5.74) is 0. The highest BCUT2D eigenvalue weighted by Crippen LogP contribution is 1.98. The summed E-state index contributed by atoms with van der Waals surface area (Å²) < 4.78 is 11.0. The number of likely N-dealkylation sites (N-methyl/N-ethyl adjacent to an activating group) is 1. The molecule has 1 unspecified atom stereocenters. The smallest absolute Gasteiger partial charge is 0.0934 e. The summed E-state index contributed by atoms with van der Waals surface area (Å²) in [6.07, 6.45) is 1.34. The Morgan fingerprint density at radius 1 is 1.06 bits per heavy atom. The molecule has 0 aromatic rings. The molecule has 5 nitrogen and oxygen atoms in total. The molecular formula is C11H25NO4. The molecule has 0 radical (unpaired) electrons. The fourth-order valence-electron chi connectivity index (χ4n) is 1.26. The largest absolute Gasteiger partial charge is 0.396 e. The van der Waals surface area contributed by atoms with Crippen LogP contribution in [0.2, 0.25) is 0 Å². The molecule has 2 N–H and O–H groups in total. The lowest BCUT2D eigenvalue weighted by Crippen LogP contribution is -2.33. The first-order valence-electron chi connectivity index (χ1n) is 5.76. The zero-order chi connectivity index (χ0) is 12.2. The highest BCUT2D eigenvalue weighted by atomic mass is 16.5. The Morgan fingerprint density at radius 3 is 2.25 bits per heavy atom. The Kier molecular flexibility index (Phi) is 11.1. The average molecular weight is 235 g/mol. The molecule has 0 saturated carbocycles. The van der Waals surface area contributed by atoms with Crippen molar-refractivity contribution >= 4 is 0 Å². The Bertz CT molecular complexity index is 144. The highest BCUT2D eigenvalue weighted by molar-refractivity contribution is 4.60. The molecule has 0 aliphatic carbocycles. The predicted molar refractivity (Wildman–Crippen MR) is 62.5 cm³/mol. The van der Waals surface area contributed by atoms with Gasteiger partial charge in [-0.05, 0) is 26.9 Å². The van der Waals surface area contributed by atoms with Crippen LogP contribution < -0.4 is 0 Å². The van der Waals surface area contributed by atoms with E-state index in [-0.39, 0.29) is 19.3 Å². The fourth-order valence-corrected chi connectivity index (χ4v) is 1.26. The molecule has 0 heterocycles. The second-order valence-electron chi connectivity index (χ2n) is 3.98. The van der Waals surface area contributed by atoms with E-state index >= 15 is 0 Å². The van der Waals surface area contributed by atoms with Crippen molar-refractivity contribution in [2.45, 2.75) is 18.9 Å². The SMILES string of the molecule is CN(C)CC(COCCCO)OCCCO. The third-order valence-corrected chi connectivity index (χ3v) is 1.98. The van der Waals surface area contributed by atoms with Crippen molar-refractivity contribution in [3.05, 3.63) is 0 Å². The summed E-state index contributed by atoms with van der Waals surface area (Å²) >= 11 is 0. The first-order chi connectivity index (χ1) is 7.70. The molecule has 0 spiro atoms. The molecule has 98 valence electrons. The molecule has 0 saturated heterocycles. The number of aliphatic hydroxyl groups is 2. The van der Waals surface area contributed by atoms with Crippen LogP contribution in [-0.2, 0) is 9.47 Å². The van der Waals surface area contributed by atoms with Crippen LogP contribution in [0.3, 0.4) is 0 Å². The van der Waals surface area contributed by atoms with Gasteiger partial charge in [-0.1, -0.05) is 0 Å². The van der Waals surface area contributed by atoms with Crippen LogP contribution in [0.4, 0.5) is 0 Å². The molecular weight excluding hydrogens is 210 g/mol. The number of nitrogens with zero attached hydrogens (tertiary/aromatic N) is 1. The summed E-state index contributed by atoms with van der Waals surface area (Å²) in [6, 6.07) is 0. The minimum absolute atomic E-state index is 0.0280. The van der Waals surface area contributed by atoms with Crippen LogP contribution in [0.25, 0.3) is 0 Å². The van der Waals surface area contributed by atoms with Gasteiger partial charge in [-0.25, -0.2) is 0 Å². The first kappa shape index (κ1) is 15.8. The first-order valence-corrected chi connectivity index (χ1v) is 5.76. The lowest BCUT2D eigenvalue weighted by Gasteiger charge is -2.21. The van der Waals surface area contributed by atoms with Gasteiger partial charge < -0.3 is 24.6 Å². The molecule has 0 rings (SSSR count). The van der Waals surface area contributed by atoms with Gasteiger partial charge in [-0.2, -0.15) is 0 Å². The number of ether oxygens (including phenoxy) is 2. The van der Waals surface area contributed by atoms with Crippen molar-refractivity contribution in [3.8, 4) is 0 Å². The normalized spacial score (nSPS) is 13.3. The van der Waals surface area contributed by atoms with Gasteiger partial charge in [0.15, 0.2) is 0 Å². The summed E-state index contributed by atoms with van der Waals surface area (Å²) in [5.74, 6) is 0. The molecule has 0 fully saturated rings. The van der Waals surface area contributed by atoms with Gasteiger partial charge in [0.25, 0.3) is 0 Å². The Hall–Kier alpha value is -0.200. The van der Waals surface area contributed by atoms with Crippen LogP contribution in [0.5, 0.6) is 0 Å².